The van der Waals surface area contributed by atoms with Gasteiger partial charge in [0.1, 0.15) is 6.20 Å². The molecule has 32 heavy (non-hydrogen) atoms. The molecule has 0 aromatic heterocycles. The maximum atomic E-state index is 12.9. The molecule has 3 heteroatoms. The molecule has 0 aromatic rings. The van der Waals surface area contributed by atoms with Crippen molar-refractivity contribution in [2.75, 3.05) is 7.05 Å². The van der Waals surface area contributed by atoms with E-state index in [0.717, 1.165) is 25.1 Å². The Bertz CT molecular complexity index is 525. The predicted molar refractivity (Wildman–Crippen MR) is 141 cm³/mol. The van der Waals surface area contributed by atoms with Gasteiger partial charge in [-0.15, -0.1) is 0 Å². The first-order chi connectivity index (χ1) is 15.6. The zero-order chi connectivity index (χ0) is 23.3. The Morgan fingerprint density at radius 2 is 1.06 bits per heavy atom. The largest absolute Gasteiger partial charge is 0.324 e. The van der Waals surface area contributed by atoms with Crippen molar-refractivity contribution in [2.45, 2.75) is 155 Å². The van der Waals surface area contributed by atoms with Crippen LogP contribution in [-0.2, 0) is 4.79 Å². The van der Waals surface area contributed by atoms with Crippen molar-refractivity contribution in [2.24, 2.45) is 4.99 Å². The first-order valence-corrected chi connectivity index (χ1v) is 14.3. The van der Waals surface area contributed by atoms with Crippen molar-refractivity contribution < 1.29 is 9.28 Å². The van der Waals surface area contributed by atoms with Gasteiger partial charge in [0.2, 0.25) is 5.84 Å². The van der Waals surface area contributed by atoms with Gasteiger partial charge in [-0.25, -0.2) is 9.79 Å². The molecular formula is C29H55N2O+. The Balaban J connectivity index is 2.07. The van der Waals surface area contributed by atoms with Crippen LogP contribution in [0.3, 0.4) is 0 Å². The number of aliphatic imine (C=N–C) groups is 1. The molecule has 0 saturated carbocycles. The third-order valence-electron chi connectivity index (χ3n) is 7.14. The van der Waals surface area contributed by atoms with Crippen molar-refractivity contribution in [1.82, 2.24) is 0 Å². The van der Waals surface area contributed by atoms with Gasteiger partial charge in [-0.05, 0) is 12.8 Å². The maximum Gasteiger partial charge on any atom is 0.324 e. The van der Waals surface area contributed by atoms with Gasteiger partial charge >= 0.3 is 5.91 Å². The van der Waals surface area contributed by atoms with Gasteiger partial charge in [0, 0.05) is 6.42 Å². The van der Waals surface area contributed by atoms with E-state index >= 15 is 0 Å². The first-order valence-electron chi connectivity index (χ1n) is 14.3. The molecule has 0 fully saturated rings. The maximum absolute atomic E-state index is 12.9. The fraction of sp³-hybridized carbons (Fsp3) is 0.862. The number of amidine groups is 1. The lowest BCUT2D eigenvalue weighted by molar-refractivity contribution is -0.683. The molecule has 0 radical (unpaired) electrons. The molecule has 0 bridgehead atoms. The number of carbonyl (C=O) groups is 1. The van der Waals surface area contributed by atoms with E-state index in [2.05, 4.69) is 18.8 Å². The number of nitrogens with zero attached hydrogens (tertiary/aromatic N) is 2. The second-order valence-corrected chi connectivity index (χ2v) is 10.2. The van der Waals surface area contributed by atoms with Crippen LogP contribution in [0.25, 0.3) is 0 Å². The Kier molecular flexibility index (Phi) is 17.7. The van der Waals surface area contributed by atoms with Gasteiger partial charge in [0.25, 0.3) is 0 Å². The lowest BCUT2D eigenvalue weighted by Crippen LogP contribution is -2.47. The van der Waals surface area contributed by atoms with E-state index in [1.807, 2.05) is 19.4 Å². The highest BCUT2D eigenvalue weighted by molar-refractivity contribution is 5.90. The topological polar surface area (TPSA) is 29.4 Å². The Morgan fingerprint density at radius 3 is 1.53 bits per heavy atom. The molecule has 1 rings (SSSR count). The molecule has 0 saturated heterocycles. The average molecular weight is 448 g/mol. The number of unbranched alkanes of at least 4 members (excludes halogenated alkanes) is 18. The normalized spacial score (nSPS) is 17.8. The van der Waals surface area contributed by atoms with E-state index in [-0.39, 0.29) is 0 Å². The van der Waals surface area contributed by atoms with E-state index in [4.69, 9.17) is 0 Å². The zero-order valence-electron chi connectivity index (χ0n) is 22.0. The Morgan fingerprint density at radius 1 is 0.656 bits per heavy atom. The van der Waals surface area contributed by atoms with Crippen LogP contribution in [0.2, 0.25) is 0 Å². The molecule has 0 aromatic carbocycles. The van der Waals surface area contributed by atoms with Crippen LogP contribution in [0.5, 0.6) is 0 Å². The Labute approximate surface area is 200 Å². The molecular weight excluding hydrogens is 392 g/mol. The molecule has 0 N–H and O–H groups in total. The molecule has 186 valence electrons. The van der Waals surface area contributed by atoms with Gasteiger partial charge < -0.3 is 0 Å². The summed E-state index contributed by atoms with van der Waals surface area (Å²) < 4.78 is 0.328. The van der Waals surface area contributed by atoms with E-state index < -0.39 is 0 Å². The minimum absolute atomic E-state index is 0.323. The highest BCUT2D eigenvalue weighted by Crippen LogP contribution is 2.22. The predicted octanol–water partition coefficient (Wildman–Crippen LogP) is 9.46. The fourth-order valence-corrected chi connectivity index (χ4v) is 4.75. The third-order valence-corrected chi connectivity index (χ3v) is 7.14. The molecule has 3 nitrogen and oxygen atoms in total. The van der Waals surface area contributed by atoms with Crippen molar-refractivity contribution in [1.29, 1.82) is 0 Å². The third kappa shape index (κ3) is 12.9. The summed E-state index contributed by atoms with van der Waals surface area (Å²) in [7, 11) is 2.04. The molecule has 0 aliphatic carbocycles. The summed E-state index contributed by atoms with van der Waals surface area (Å²) in [6, 6.07) is 0. The van der Waals surface area contributed by atoms with E-state index in [1.165, 1.54) is 116 Å². The van der Waals surface area contributed by atoms with Gasteiger partial charge in [-0.2, -0.15) is 4.48 Å². The lowest BCUT2D eigenvalue weighted by atomic mass is 10.0. The molecule has 1 heterocycles. The summed E-state index contributed by atoms with van der Waals surface area (Å²) in [5.41, 5.74) is 0. The number of carbonyl (C=O) groups excluding carboxylic acids is 1. The van der Waals surface area contributed by atoms with Crippen molar-refractivity contribution in [3.63, 3.8) is 0 Å². The summed E-state index contributed by atoms with van der Waals surface area (Å²) in [4.78, 5) is 17.5. The zero-order valence-corrected chi connectivity index (χ0v) is 22.0. The highest BCUT2D eigenvalue weighted by atomic mass is 16.2. The van der Waals surface area contributed by atoms with Crippen LogP contribution >= 0.6 is 0 Å². The number of rotatable bonds is 22. The molecule has 1 atom stereocenters. The summed E-state index contributed by atoms with van der Waals surface area (Å²) in [5.74, 6) is 1.38. The smallest absolute Gasteiger partial charge is 0.230 e. The van der Waals surface area contributed by atoms with Crippen molar-refractivity contribution >= 4 is 11.7 Å². The van der Waals surface area contributed by atoms with Crippen LogP contribution in [0, 0.1) is 0 Å². The van der Waals surface area contributed by atoms with Crippen LogP contribution in [0.15, 0.2) is 17.4 Å². The summed E-state index contributed by atoms with van der Waals surface area (Å²) in [6.07, 6.45) is 32.0. The standard InChI is InChI=1S/C29H55N2O/c1-4-6-8-10-12-14-15-17-18-20-22-24-28-30-26-27-31(28,3)29(32)25-23-21-19-16-13-11-9-7-5-2/h26-27H,4-25H2,1-3H3/q+1. The molecule has 1 amide bonds. The molecule has 0 spiro atoms. The van der Waals surface area contributed by atoms with Crippen LogP contribution in [0.1, 0.15) is 155 Å². The number of quaternary nitrogens is 1. The summed E-state index contributed by atoms with van der Waals surface area (Å²) in [5, 5.41) is 0. The monoisotopic (exact) mass is 447 g/mol. The quantitative estimate of drug-likeness (QED) is 0.120. The minimum atomic E-state index is 0.323. The van der Waals surface area contributed by atoms with E-state index in [9.17, 15) is 4.79 Å². The minimum Gasteiger partial charge on any atom is -0.230 e. The summed E-state index contributed by atoms with van der Waals surface area (Å²) >= 11 is 0. The SMILES string of the molecule is CCCCCCCCCCCCCC1=NC=C[N+]1(C)C(=O)CCCCCCCCCCC. The van der Waals surface area contributed by atoms with Crippen molar-refractivity contribution in [3.8, 4) is 0 Å². The van der Waals surface area contributed by atoms with Gasteiger partial charge in [0.05, 0.1) is 19.7 Å². The second-order valence-electron chi connectivity index (χ2n) is 10.2. The van der Waals surface area contributed by atoms with E-state index in [1.54, 1.807) is 0 Å². The van der Waals surface area contributed by atoms with Gasteiger partial charge in [-0.3, -0.25) is 0 Å². The van der Waals surface area contributed by atoms with Crippen LogP contribution in [-0.4, -0.2) is 23.3 Å². The second kappa shape index (κ2) is 19.5. The number of amides is 1. The van der Waals surface area contributed by atoms with Crippen LogP contribution in [0.4, 0.5) is 0 Å². The van der Waals surface area contributed by atoms with Gasteiger partial charge in [0.15, 0.2) is 0 Å². The molecule has 1 aliphatic heterocycles. The highest BCUT2D eigenvalue weighted by Gasteiger charge is 2.37. The van der Waals surface area contributed by atoms with Crippen LogP contribution < -0.4 is 0 Å². The average Bonchev–Trinajstić information content (AvgIpc) is 3.17. The first kappa shape index (κ1) is 29.1. The van der Waals surface area contributed by atoms with Gasteiger partial charge in [-0.1, -0.05) is 129 Å². The van der Waals surface area contributed by atoms with Crippen molar-refractivity contribution in [3.05, 3.63) is 12.4 Å². The van der Waals surface area contributed by atoms with E-state index in [0.29, 0.717) is 16.8 Å². The Hall–Kier alpha value is -0.960. The summed E-state index contributed by atoms with van der Waals surface area (Å²) in [6.45, 7) is 4.55. The molecule has 1 unspecified atom stereocenters. The number of hydrogen-bond donors (Lipinski definition) is 0. The molecule has 1 aliphatic rings. The fourth-order valence-electron chi connectivity index (χ4n) is 4.75. The lowest BCUT2D eigenvalue weighted by Gasteiger charge is -2.25. The number of hydrogen-bond acceptors (Lipinski definition) is 2.